The van der Waals surface area contributed by atoms with Crippen molar-refractivity contribution in [1.29, 1.82) is 0 Å². The van der Waals surface area contributed by atoms with E-state index in [0.717, 1.165) is 33.4 Å². The maximum absolute atomic E-state index is 12.6. The minimum atomic E-state index is -0.472. The monoisotopic (exact) mass is 437 g/mol. The molecule has 31 heavy (non-hydrogen) atoms. The van der Waals surface area contributed by atoms with Gasteiger partial charge in [-0.1, -0.05) is 17.8 Å². The average Bonchev–Trinajstić information content (AvgIpc) is 3.08. The number of aromatic nitrogens is 3. The molecule has 4 aromatic rings. The number of hydrogen-bond acceptors (Lipinski definition) is 6. The molecule has 9 heteroatoms. The van der Waals surface area contributed by atoms with E-state index in [1.807, 2.05) is 54.1 Å². The number of alkyl halides is 1. The Morgan fingerprint density at radius 1 is 1.16 bits per heavy atom. The lowest BCUT2D eigenvalue weighted by Crippen LogP contribution is -2.18. The average molecular weight is 438 g/mol. The molecule has 4 rings (SSSR count). The summed E-state index contributed by atoms with van der Waals surface area (Å²) in [6.45, 7) is 0. The number of aryl methyl sites for hydroxylation is 1. The number of halogens is 1. The molecular weight excluding hydrogens is 417 g/mol. The molecule has 0 aliphatic rings. The standard InChI is InChI=1S/C22H20FN5O2S/c1-24-21(29)19-12-16(8-9-25-19)30-15-6-7-20-18(11-15)27-22(28(20)2)26-14-4-3-5-17(10-14)31-13-23/h3-12H,13H2,1-2H3,(H,24,29)(H,26,27). The van der Waals surface area contributed by atoms with Gasteiger partial charge >= 0.3 is 0 Å². The molecular formula is C22H20FN5O2S. The number of carbonyl (C=O) groups is 1. The Kier molecular flexibility index (Phi) is 6.03. The van der Waals surface area contributed by atoms with Gasteiger partial charge in [0.05, 0.1) is 11.0 Å². The van der Waals surface area contributed by atoms with Crippen molar-refractivity contribution < 1.29 is 13.9 Å². The molecule has 7 nitrogen and oxygen atoms in total. The topological polar surface area (TPSA) is 81.1 Å². The number of ether oxygens (including phenoxy) is 1. The largest absolute Gasteiger partial charge is 0.457 e. The molecule has 158 valence electrons. The number of hydrogen-bond donors (Lipinski definition) is 2. The van der Waals surface area contributed by atoms with E-state index in [-0.39, 0.29) is 11.6 Å². The fourth-order valence-electron chi connectivity index (χ4n) is 3.07. The number of rotatable bonds is 7. The maximum atomic E-state index is 12.6. The van der Waals surface area contributed by atoms with Crippen LogP contribution in [0, 0.1) is 0 Å². The third-order valence-electron chi connectivity index (χ3n) is 4.59. The molecule has 0 spiro atoms. The van der Waals surface area contributed by atoms with Gasteiger partial charge in [0.1, 0.15) is 23.2 Å². The first kappa shape index (κ1) is 20.7. The zero-order valence-electron chi connectivity index (χ0n) is 16.9. The van der Waals surface area contributed by atoms with Crippen molar-refractivity contribution in [1.82, 2.24) is 19.9 Å². The normalized spacial score (nSPS) is 10.8. The highest BCUT2D eigenvalue weighted by Gasteiger charge is 2.11. The van der Waals surface area contributed by atoms with Gasteiger partial charge in [0.25, 0.3) is 5.91 Å². The summed E-state index contributed by atoms with van der Waals surface area (Å²) in [6.07, 6.45) is 1.52. The second-order valence-corrected chi connectivity index (χ2v) is 7.59. The molecule has 0 atom stereocenters. The SMILES string of the molecule is CNC(=O)c1cc(Oc2ccc3c(c2)nc(Nc2cccc(SCF)c2)n3C)ccn1. The molecule has 0 aliphatic carbocycles. The molecule has 2 heterocycles. The third kappa shape index (κ3) is 4.61. The van der Waals surface area contributed by atoms with Crippen LogP contribution in [-0.4, -0.2) is 33.5 Å². The molecule has 0 bridgehead atoms. The number of carbonyl (C=O) groups excluding carboxylic acids is 1. The van der Waals surface area contributed by atoms with E-state index >= 15 is 0 Å². The summed E-state index contributed by atoms with van der Waals surface area (Å²) in [5.74, 6) is 1.47. The molecule has 2 aromatic heterocycles. The summed E-state index contributed by atoms with van der Waals surface area (Å²) in [5, 5.41) is 5.82. The summed E-state index contributed by atoms with van der Waals surface area (Å²) in [7, 11) is 3.46. The first-order valence-electron chi connectivity index (χ1n) is 9.45. The maximum Gasteiger partial charge on any atom is 0.269 e. The summed E-state index contributed by atoms with van der Waals surface area (Å²) in [6, 6.07) is 15.9. The zero-order chi connectivity index (χ0) is 21.8. The number of thioether (sulfide) groups is 1. The zero-order valence-corrected chi connectivity index (χ0v) is 17.7. The number of nitrogens with zero attached hydrogens (tertiary/aromatic N) is 3. The lowest BCUT2D eigenvalue weighted by molar-refractivity contribution is 0.0958. The van der Waals surface area contributed by atoms with Crippen molar-refractivity contribution in [2.75, 3.05) is 18.4 Å². The number of anilines is 2. The van der Waals surface area contributed by atoms with Gasteiger partial charge in [-0.15, -0.1) is 0 Å². The predicted octanol–water partition coefficient (Wildman–Crippen LogP) is 4.88. The van der Waals surface area contributed by atoms with Crippen molar-refractivity contribution in [3.8, 4) is 11.5 Å². The van der Waals surface area contributed by atoms with E-state index in [1.165, 1.54) is 6.20 Å². The molecule has 0 radical (unpaired) electrons. The van der Waals surface area contributed by atoms with Gasteiger partial charge in [0.2, 0.25) is 5.95 Å². The van der Waals surface area contributed by atoms with Crippen molar-refractivity contribution in [3.63, 3.8) is 0 Å². The van der Waals surface area contributed by atoms with E-state index in [2.05, 4.69) is 20.6 Å². The molecule has 0 saturated carbocycles. The van der Waals surface area contributed by atoms with E-state index in [4.69, 9.17) is 4.74 Å². The lowest BCUT2D eigenvalue weighted by atomic mass is 10.3. The van der Waals surface area contributed by atoms with Gasteiger partial charge in [-0.25, -0.2) is 9.37 Å². The van der Waals surface area contributed by atoms with Crippen LogP contribution in [-0.2, 0) is 7.05 Å². The number of pyridine rings is 1. The second kappa shape index (κ2) is 9.05. The van der Waals surface area contributed by atoms with Crippen LogP contribution in [0.4, 0.5) is 16.0 Å². The van der Waals surface area contributed by atoms with Gasteiger partial charge in [-0.3, -0.25) is 9.78 Å². The van der Waals surface area contributed by atoms with Crippen LogP contribution < -0.4 is 15.4 Å². The van der Waals surface area contributed by atoms with Crippen LogP contribution in [0.15, 0.2) is 65.7 Å². The first-order valence-corrected chi connectivity index (χ1v) is 10.4. The Morgan fingerprint density at radius 3 is 2.81 bits per heavy atom. The van der Waals surface area contributed by atoms with E-state index in [9.17, 15) is 9.18 Å². The van der Waals surface area contributed by atoms with E-state index < -0.39 is 6.01 Å². The second-order valence-electron chi connectivity index (χ2n) is 6.61. The van der Waals surface area contributed by atoms with Gasteiger partial charge in [0.15, 0.2) is 0 Å². The lowest BCUT2D eigenvalue weighted by Gasteiger charge is -2.08. The molecule has 0 aliphatic heterocycles. The quantitative estimate of drug-likeness (QED) is 0.401. The molecule has 0 saturated heterocycles. The minimum absolute atomic E-state index is 0.276. The molecule has 1 amide bonds. The van der Waals surface area contributed by atoms with Crippen molar-refractivity contribution >= 4 is 40.3 Å². The fraction of sp³-hybridized carbons (Fsp3) is 0.136. The first-order chi connectivity index (χ1) is 15.1. The van der Waals surface area contributed by atoms with Gasteiger partial charge in [-0.2, -0.15) is 0 Å². The van der Waals surface area contributed by atoms with Crippen LogP contribution in [0.1, 0.15) is 10.5 Å². The minimum Gasteiger partial charge on any atom is -0.457 e. The number of fused-ring (bicyclic) bond motifs is 1. The number of nitrogens with one attached hydrogen (secondary N) is 2. The van der Waals surface area contributed by atoms with Crippen LogP contribution in [0.2, 0.25) is 0 Å². The number of amides is 1. The fourth-order valence-corrected chi connectivity index (χ4v) is 3.58. The summed E-state index contributed by atoms with van der Waals surface area (Å²) >= 11 is 1.14. The summed E-state index contributed by atoms with van der Waals surface area (Å²) in [4.78, 5) is 21.3. The van der Waals surface area contributed by atoms with Crippen molar-refractivity contribution in [3.05, 3.63) is 66.5 Å². The van der Waals surface area contributed by atoms with Crippen LogP contribution in [0.25, 0.3) is 11.0 Å². The van der Waals surface area contributed by atoms with Crippen molar-refractivity contribution in [2.24, 2.45) is 7.05 Å². The third-order valence-corrected chi connectivity index (χ3v) is 5.29. The number of imidazole rings is 1. The smallest absolute Gasteiger partial charge is 0.269 e. The Bertz CT molecular complexity index is 1240. The van der Waals surface area contributed by atoms with Crippen LogP contribution in [0.5, 0.6) is 11.5 Å². The number of benzene rings is 2. The molecule has 2 aromatic carbocycles. The Labute approximate surface area is 182 Å². The summed E-state index contributed by atoms with van der Waals surface area (Å²) < 4.78 is 20.4. The van der Waals surface area contributed by atoms with Gasteiger partial charge < -0.3 is 19.9 Å². The highest BCUT2D eigenvalue weighted by Crippen LogP contribution is 2.29. The Hall–Kier alpha value is -3.59. The molecule has 2 N–H and O–H groups in total. The van der Waals surface area contributed by atoms with Crippen LogP contribution >= 0.6 is 11.8 Å². The highest BCUT2D eigenvalue weighted by molar-refractivity contribution is 7.99. The van der Waals surface area contributed by atoms with E-state index in [1.54, 1.807) is 19.2 Å². The Balaban J connectivity index is 1.58. The molecule has 0 unspecified atom stereocenters. The van der Waals surface area contributed by atoms with Gasteiger partial charge in [-0.05, 0) is 36.4 Å². The highest BCUT2D eigenvalue weighted by atomic mass is 32.2. The van der Waals surface area contributed by atoms with E-state index in [0.29, 0.717) is 17.4 Å². The predicted molar refractivity (Wildman–Crippen MR) is 120 cm³/mol. The molecule has 0 fully saturated rings. The van der Waals surface area contributed by atoms with Crippen LogP contribution in [0.3, 0.4) is 0 Å². The van der Waals surface area contributed by atoms with Gasteiger partial charge in [0, 0.05) is 43.0 Å². The Morgan fingerprint density at radius 2 is 2.00 bits per heavy atom. The van der Waals surface area contributed by atoms with Crippen molar-refractivity contribution in [2.45, 2.75) is 4.90 Å². The summed E-state index contributed by atoms with van der Waals surface area (Å²) in [5.41, 5.74) is 2.77.